The molecule has 0 saturated heterocycles. The number of carboxylic acids is 1. The molecule has 1 aromatic rings. The van der Waals surface area contributed by atoms with Crippen molar-refractivity contribution in [3.05, 3.63) is 53.1 Å². The third-order valence-electron chi connectivity index (χ3n) is 2.02. The molecular formula is C13H12ClNO3. The lowest BCUT2D eigenvalue weighted by Gasteiger charge is -2.04. The summed E-state index contributed by atoms with van der Waals surface area (Å²) in [5, 5.41) is 11.4. The number of benzene rings is 1. The molecule has 0 aromatic heterocycles. The molecule has 0 aliphatic heterocycles. The van der Waals surface area contributed by atoms with Crippen molar-refractivity contribution in [1.82, 2.24) is 0 Å². The number of hydrogen-bond acceptors (Lipinski definition) is 2. The monoisotopic (exact) mass is 265 g/mol. The summed E-state index contributed by atoms with van der Waals surface area (Å²) in [6.07, 6.45) is 6.48. The van der Waals surface area contributed by atoms with Crippen molar-refractivity contribution in [3.63, 3.8) is 0 Å². The van der Waals surface area contributed by atoms with Gasteiger partial charge in [-0.1, -0.05) is 29.8 Å². The minimum Gasteiger partial charge on any atom is -0.478 e. The van der Waals surface area contributed by atoms with Crippen LogP contribution in [0.5, 0.6) is 0 Å². The van der Waals surface area contributed by atoms with Crippen molar-refractivity contribution >= 4 is 29.2 Å². The fraction of sp³-hybridized carbons (Fsp3) is 0.0769. The Morgan fingerprint density at radius 2 is 2.06 bits per heavy atom. The number of hydrogen-bond donors (Lipinski definition) is 2. The van der Waals surface area contributed by atoms with Gasteiger partial charge >= 0.3 is 5.97 Å². The number of nitrogens with one attached hydrogen (secondary N) is 1. The van der Waals surface area contributed by atoms with E-state index in [1.165, 1.54) is 24.3 Å². The van der Waals surface area contributed by atoms with Crippen molar-refractivity contribution in [1.29, 1.82) is 0 Å². The maximum Gasteiger partial charge on any atom is 0.337 e. The largest absolute Gasteiger partial charge is 0.478 e. The lowest BCUT2D eigenvalue weighted by Crippen LogP contribution is -2.08. The molecule has 94 valence electrons. The summed E-state index contributed by atoms with van der Waals surface area (Å²) in [5.41, 5.74) is 0.444. The van der Waals surface area contributed by atoms with Crippen molar-refractivity contribution in [2.24, 2.45) is 0 Å². The maximum atomic E-state index is 11.4. The summed E-state index contributed by atoms with van der Waals surface area (Å²) in [5.74, 6) is -1.42. The zero-order chi connectivity index (χ0) is 13.5. The van der Waals surface area contributed by atoms with Gasteiger partial charge in [-0.3, -0.25) is 4.79 Å². The number of anilines is 1. The van der Waals surface area contributed by atoms with Crippen LogP contribution >= 0.6 is 11.6 Å². The molecule has 0 bridgehead atoms. The molecule has 0 radical (unpaired) electrons. The average Bonchev–Trinajstić information content (AvgIpc) is 2.28. The molecule has 0 fully saturated rings. The summed E-state index contributed by atoms with van der Waals surface area (Å²) in [4.78, 5) is 22.2. The topological polar surface area (TPSA) is 66.4 Å². The van der Waals surface area contributed by atoms with E-state index in [9.17, 15) is 9.59 Å². The molecular weight excluding hydrogens is 254 g/mol. The van der Waals surface area contributed by atoms with Crippen LogP contribution in [0.25, 0.3) is 0 Å². The number of carboxylic acid groups (broad SMARTS) is 1. The zero-order valence-corrected chi connectivity index (χ0v) is 10.4. The summed E-state index contributed by atoms with van der Waals surface area (Å²) >= 11 is 5.77. The normalized spacial score (nSPS) is 11.0. The van der Waals surface area contributed by atoms with Gasteiger partial charge in [-0.2, -0.15) is 0 Å². The van der Waals surface area contributed by atoms with E-state index in [-0.39, 0.29) is 16.5 Å². The molecule has 2 N–H and O–H groups in total. The van der Waals surface area contributed by atoms with Gasteiger partial charge in [0.15, 0.2) is 0 Å². The van der Waals surface area contributed by atoms with Gasteiger partial charge in [-0.05, 0) is 25.1 Å². The second-order valence-electron chi connectivity index (χ2n) is 3.37. The fourth-order valence-electron chi connectivity index (χ4n) is 1.20. The smallest absolute Gasteiger partial charge is 0.337 e. The molecule has 1 rings (SSSR count). The Balaban J connectivity index is 2.77. The number of allylic oxidation sites excluding steroid dienone is 3. The Labute approximate surface area is 110 Å². The second kappa shape index (κ2) is 6.61. The van der Waals surface area contributed by atoms with Crippen molar-refractivity contribution < 1.29 is 14.7 Å². The van der Waals surface area contributed by atoms with Crippen LogP contribution in [0.15, 0.2) is 42.5 Å². The Kier molecular flexibility index (Phi) is 5.14. The minimum atomic E-state index is -1.11. The standard InChI is InChI=1S/C13H12ClNO3/c1-2-3-4-5-12(16)15-9-6-7-10(13(17)18)11(14)8-9/h2-8H,1H3,(H,15,16)(H,17,18)/b3-2+,5-4+. The van der Waals surface area contributed by atoms with E-state index in [2.05, 4.69) is 5.32 Å². The summed E-state index contributed by atoms with van der Waals surface area (Å²) in [7, 11) is 0. The van der Waals surface area contributed by atoms with Gasteiger partial charge < -0.3 is 10.4 Å². The first-order valence-electron chi connectivity index (χ1n) is 5.17. The van der Waals surface area contributed by atoms with Crippen LogP contribution in [0.4, 0.5) is 5.69 Å². The summed E-state index contributed by atoms with van der Waals surface area (Å²) in [6.45, 7) is 1.84. The lowest BCUT2D eigenvalue weighted by molar-refractivity contribution is -0.111. The van der Waals surface area contributed by atoms with Gasteiger partial charge in [0.05, 0.1) is 10.6 Å². The third-order valence-corrected chi connectivity index (χ3v) is 2.33. The number of carbonyl (C=O) groups is 2. The molecule has 1 amide bonds. The maximum absolute atomic E-state index is 11.4. The van der Waals surface area contributed by atoms with E-state index in [1.807, 2.05) is 6.92 Å². The number of aromatic carboxylic acids is 1. The molecule has 0 aliphatic carbocycles. The Morgan fingerprint density at radius 1 is 1.33 bits per heavy atom. The van der Waals surface area contributed by atoms with Gasteiger partial charge in [0, 0.05) is 11.8 Å². The van der Waals surface area contributed by atoms with Gasteiger partial charge in [-0.15, -0.1) is 0 Å². The average molecular weight is 266 g/mol. The number of carbonyl (C=O) groups excluding carboxylic acids is 1. The van der Waals surface area contributed by atoms with Crippen LogP contribution in [0.2, 0.25) is 5.02 Å². The molecule has 0 spiro atoms. The molecule has 0 unspecified atom stereocenters. The SMILES string of the molecule is C/C=C/C=C/C(=O)Nc1ccc(C(=O)O)c(Cl)c1. The molecule has 0 aliphatic rings. The van der Waals surface area contributed by atoms with E-state index < -0.39 is 5.97 Å². The van der Waals surface area contributed by atoms with E-state index in [0.717, 1.165) is 0 Å². The zero-order valence-electron chi connectivity index (χ0n) is 9.68. The fourth-order valence-corrected chi connectivity index (χ4v) is 1.47. The van der Waals surface area contributed by atoms with Crippen molar-refractivity contribution in [2.45, 2.75) is 6.92 Å². The molecule has 1 aromatic carbocycles. The van der Waals surface area contributed by atoms with Gasteiger partial charge in [0.1, 0.15) is 0 Å². The Bertz CT molecular complexity index is 521. The summed E-state index contributed by atoms with van der Waals surface area (Å²) < 4.78 is 0. The highest BCUT2D eigenvalue weighted by Crippen LogP contribution is 2.20. The highest BCUT2D eigenvalue weighted by molar-refractivity contribution is 6.33. The van der Waals surface area contributed by atoms with Crippen LogP contribution in [0, 0.1) is 0 Å². The minimum absolute atomic E-state index is 0.000811. The Morgan fingerprint density at radius 3 is 2.61 bits per heavy atom. The van der Waals surface area contributed by atoms with Crippen molar-refractivity contribution in [3.8, 4) is 0 Å². The second-order valence-corrected chi connectivity index (χ2v) is 3.78. The number of amides is 1. The highest BCUT2D eigenvalue weighted by Gasteiger charge is 2.09. The first-order chi connectivity index (χ1) is 8.54. The van der Waals surface area contributed by atoms with Crippen LogP contribution < -0.4 is 5.32 Å². The number of rotatable bonds is 4. The number of halogens is 1. The van der Waals surface area contributed by atoms with Gasteiger partial charge in [-0.25, -0.2) is 4.79 Å². The Hall–Kier alpha value is -2.07. The van der Waals surface area contributed by atoms with Gasteiger partial charge in [0.2, 0.25) is 5.91 Å². The van der Waals surface area contributed by atoms with E-state index in [0.29, 0.717) is 5.69 Å². The van der Waals surface area contributed by atoms with Gasteiger partial charge in [0.25, 0.3) is 0 Å². The highest BCUT2D eigenvalue weighted by atomic mass is 35.5. The van der Waals surface area contributed by atoms with Crippen molar-refractivity contribution in [2.75, 3.05) is 5.32 Å². The quantitative estimate of drug-likeness (QED) is 0.649. The van der Waals surface area contributed by atoms with Crippen LogP contribution in [-0.2, 0) is 4.79 Å². The molecule has 5 heteroatoms. The predicted octanol–water partition coefficient (Wildman–Crippen LogP) is 3.11. The molecule has 4 nitrogen and oxygen atoms in total. The predicted molar refractivity (Wildman–Crippen MR) is 71.0 cm³/mol. The van der Waals surface area contributed by atoms with E-state index in [1.54, 1.807) is 18.2 Å². The van der Waals surface area contributed by atoms with E-state index >= 15 is 0 Å². The summed E-state index contributed by atoms with van der Waals surface area (Å²) in [6, 6.07) is 4.22. The van der Waals surface area contributed by atoms with Crippen LogP contribution in [0.1, 0.15) is 17.3 Å². The van der Waals surface area contributed by atoms with Crippen LogP contribution in [-0.4, -0.2) is 17.0 Å². The molecule has 18 heavy (non-hydrogen) atoms. The first kappa shape index (κ1) is 14.0. The van der Waals surface area contributed by atoms with E-state index in [4.69, 9.17) is 16.7 Å². The first-order valence-corrected chi connectivity index (χ1v) is 5.55. The molecule has 0 saturated carbocycles. The third kappa shape index (κ3) is 4.07. The molecule has 0 heterocycles. The van der Waals surface area contributed by atoms with Crippen LogP contribution in [0.3, 0.4) is 0 Å². The lowest BCUT2D eigenvalue weighted by atomic mass is 10.2. The molecule has 0 atom stereocenters.